The van der Waals surface area contributed by atoms with Gasteiger partial charge in [0.05, 0.1) is 6.61 Å². The highest BCUT2D eigenvalue weighted by Gasteiger charge is 2.33. The Hall–Kier alpha value is -3.19. The number of fused-ring (bicyclic) bond motifs is 3. The Morgan fingerprint density at radius 1 is 1.24 bits per heavy atom. The van der Waals surface area contributed by atoms with E-state index in [1.807, 2.05) is 42.2 Å². The second-order valence-corrected chi connectivity index (χ2v) is 9.08. The molecular formula is C27H31FN2O4. The molecule has 180 valence electrons. The number of carboxylic acid groups (broad SMARTS) is 1. The number of hydrogen-bond acceptors (Lipinski definition) is 3. The van der Waals surface area contributed by atoms with Crippen LogP contribution in [0.4, 0.5) is 4.39 Å². The number of rotatable bonds is 9. The average Bonchev–Trinajstić information content (AvgIpc) is 3.11. The molecule has 0 aliphatic heterocycles. The van der Waals surface area contributed by atoms with Gasteiger partial charge in [-0.25, -0.2) is 4.39 Å². The number of ether oxygens (including phenoxy) is 1. The van der Waals surface area contributed by atoms with Crippen LogP contribution in [0, 0.1) is 11.7 Å². The van der Waals surface area contributed by atoms with Crippen molar-refractivity contribution in [3.05, 3.63) is 71.2 Å². The molecule has 1 aromatic heterocycles. The van der Waals surface area contributed by atoms with Crippen LogP contribution in [0.2, 0.25) is 0 Å². The number of aromatic nitrogens is 1. The fraction of sp³-hybridized carbons (Fsp3) is 0.407. The zero-order chi connectivity index (χ0) is 24.2. The van der Waals surface area contributed by atoms with Crippen molar-refractivity contribution in [2.24, 2.45) is 5.92 Å². The van der Waals surface area contributed by atoms with Crippen LogP contribution in [0.15, 0.2) is 48.5 Å². The van der Waals surface area contributed by atoms with Crippen LogP contribution in [0.3, 0.4) is 0 Å². The summed E-state index contributed by atoms with van der Waals surface area (Å²) in [6.45, 7) is 2.71. The second-order valence-electron chi connectivity index (χ2n) is 9.08. The van der Waals surface area contributed by atoms with E-state index in [1.165, 1.54) is 12.1 Å². The zero-order valence-corrected chi connectivity index (χ0v) is 19.7. The lowest BCUT2D eigenvalue weighted by Crippen LogP contribution is -2.47. The Kier molecular flexibility index (Phi) is 7.32. The standard InChI is InChI=1S/C27H31FN2O4/c1-18(14-19-6-4-3-5-7-19)27(33)29(12-13-34-2)21-9-11-25-23(16-21)22-15-20(28)8-10-24(22)30(25)17-26(31)32/h3-8,10,15,18,21H,9,11-14,16-17H2,1-2H3,(H,31,32)/t18-,21-/m0/s1. The van der Waals surface area contributed by atoms with E-state index in [2.05, 4.69) is 0 Å². The van der Waals surface area contributed by atoms with Gasteiger partial charge in [-0.2, -0.15) is 0 Å². The molecule has 3 aromatic rings. The molecule has 34 heavy (non-hydrogen) atoms. The lowest BCUT2D eigenvalue weighted by Gasteiger charge is -2.36. The van der Waals surface area contributed by atoms with Crippen molar-refractivity contribution in [3.63, 3.8) is 0 Å². The summed E-state index contributed by atoms with van der Waals surface area (Å²) in [7, 11) is 1.62. The van der Waals surface area contributed by atoms with Crippen LogP contribution in [0.1, 0.15) is 30.2 Å². The first-order valence-electron chi connectivity index (χ1n) is 11.7. The van der Waals surface area contributed by atoms with E-state index in [0.29, 0.717) is 32.4 Å². The first-order chi connectivity index (χ1) is 16.4. The van der Waals surface area contributed by atoms with Crippen LogP contribution >= 0.6 is 0 Å². The second kappa shape index (κ2) is 10.4. The van der Waals surface area contributed by atoms with Crippen molar-refractivity contribution in [2.45, 2.75) is 45.2 Å². The molecule has 7 heteroatoms. The molecule has 0 radical (unpaired) electrons. The largest absolute Gasteiger partial charge is 0.480 e. The molecule has 1 amide bonds. The van der Waals surface area contributed by atoms with Crippen LogP contribution in [0.25, 0.3) is 10.9 Å². The van der Waals surface area contributed by atoms with Crippen LogP contribution in [-0.2, 0) is 40.1 Å². The zero-order valence-electron chi connectivity index (χ0n) is 19.7. The molecule has 2 aromatic carbocycles. The van der Waals surface area contributed by atoms with E-state index in [-0.39, 0.29) is 30.2 Å². The highest BCUT2D eigenvalue weighted by molar-refractivity contribution is 5.87. The van der Waals surface area contributed by atoms with Crippen molar-refractivity contribution in [1.29, 1.82) is 0 Å². The van der Waals surface area contributed by atoms with Gasteiger partial charge in [-0.3, -0.25) is 9.59 Å². The molecule has 4 rings (SSSR count). The minimum atomic E-state index is -0.933. The predicted octanol–water partition coefficient (Wildman–Crippen LogP) is 4.08. The number of methoxy groups -OCH3 is 1. The number of carboxylic acids is 1. The van der Waals surface area contributed by atoms with Crippen molar-refractivity contribution in [3.8, 4) is 0 Å². The molecule has 2 atom stereocenters. The first-order valence-corrected chi connectivity index (χ1v) is 11.7. The number of carbonyl (C=O) groups excluding carboxylic acids is 1. The Bertz CT molecular complexity index is 1170. The van der Waals surface area contributed by atoms with Gasteiger partial charge in [-0.15, -0.1) is 0 Å². The maximum atomic E-state index is 14.1. The third kappa shape index (κ3) is 4.99. The van der Waals surface area contributed by atoms with Crippen LogP contribution < -0.4 is 0 Å². The summed E-state index contributed by atoms with van der Waals surface area (Å²) in [6, 6.07) is 14.4. The molecule has 1 aliphatic carbocycles. The smallest absolute Gasteiger partial charge is 0.323 e. The lowest BCUT2D eigenvalue weighted by atomic mass is 9.89. The molecular weight excluding hydrogens is 435 g/mol. The molecule has 1 aliphatic rings. The Morgan fingerprint density at radius 3 is 2.71 bits per heavy atom. The van der Waals surface area contributed by atoms with Gasteiger partial charge in [0.1, 0.15) is 12.4 Å². The SMILES string of the molecule is COCCN(C(=O)[C@@H](C)Cc1ccccc1)[C@H]1CCc2c(c3cc(F)ccc3n2CC(=O)O)C1. The van der Waals surface area contributed by atoms with E-state index in [0.717, 1.165) is 34.1 Å². The lowest BCUT2D eigenvalue weighted by molar-refractivity contribution is -0.138. The van der Waals surface area contributed by atoms with E-state index in [4.69, 9.17) is 4.74 Å². The minimum absolute atomic E-state index is 0.0551. The van der Waals surface area contributed by atoms with Crippen molar-refractivity contribution in [1.82, 2.24) is 9.47 Å². The summed E-state index contributed by atoms with van der Waals surface area (Å²) in [6.07, 6.45) is 2.58. The van der Waals surface area contributed by atoms with Crippen LogP contribution in [-0.4, -0.2) is 52.8 Å². The fourth-order valence-corrected chi connectivity index (χ4v) is 5.19. The normalized spacial score (nSPS) is 16.3. The van der Waals surface area contributed by atoms with Crippen molar-refractivity contribution < 1.29 is 23.8 Å². The first kappa shape index (κ1) is 24.0. The van der Waals surface area contributed by atoms with Crippen molar-refractivity contribution >= 4 is 22.8 Å². The average molecular weight is 467 g/mol. The Morgan fingerprint density at radius 2 is 2.00 bits per heavy atom. The summed E-state index contributed by atoms with van der Waals surface area (Å²) in [5.41, 5.74) is 3.71. The molecule has 6 nitrogen and oxygen atoms in total. The summed E-state index contributed by atoms with van der Waals surface area (Å²) in [5.74, 6) is -1.40. The molecule has 0 spiro atoms. The summed E-state index contributed by atoms with van der Waals surface area (Å²) in [5, 5.41) is 10.2. The molecule has 0 fully saturated rings. The van der Waals surface area contributed by atoms with Crippen molar-refractivity contribution in [2.75, 3.05) is 20.3 Å². The van der Waals surface area contributed by atoms with E-state index < -0.39 is 5.97 Å². The number of hydrogen-bond donors (Lipinski definition) is 1. The maximum absolute atomic E-state index is 14.1. The molecule has 0 bridgehead atoms. The van der Waals surface area contributed by atoms with Gasteiger partial charge in [0, 0.05) is 42.2 Å². The van der Waals surface area contributed by atoms with Gasteiger partial charge in [-0.1, -0.05) is 37.3 Å². The number of benzene rings is 2. The molecule has 1 heterocycles. The van der Waals surface area contributed by atoms with Gasteiger partial charge in [0.15, 0.2) is 0 Å². The minimum Gasteiger partial charge on any atom is -0.480 e. The third-order valence-corrected chi connectivity index (χ3v) is 6.76. The topological polar surface area (TPSA) is 71.8 Å². The quantitative estimate of drug-likeness (QED) is 0.516. The summed E-state index contributed by atoms with van der Waals surface area (Å²) >= 11 is 0. The number of aliphatic carboxylic acids is 1. The van der Waals surface area contributed by atoms with Crippen LogP contribution in [0.5, 0.6) is 0 Å². The highest BCUT2D eigenvalue weighted by atomic mass is 19.1. The number of amides is 1. The monoisotopic (exact) mass is 466 g/mol. The summed E-state index contributed by atoms with van der Waals surface area (Å²) < 4.78 is 21.2. The maximum Gasteiger partial charge on any atom is 0.323 e. The molecule has 0 saturated carbocycles. The number of nitrogens with zero attached hydrogens (tertiary/aromatic N) is 2. The summed E-state index contributed by atoms with van der Waals surface area (Å²) in [4.78, 5) is 27.0. The fourth-order valence-electron chi connectivity index (χ4n) is 5.19. The Labute approximate surface area is 198 Å². The van der Waals surface area contributed by atoms with E-state index in [1.54, 1.807) is 17.7 Å². The third-order valence-electron chi connectivity index (χ3n) is 6.76. The Balaban J connectivity index is 1.63. The highest BCUT2D eigenvalue weighted by Crippen LogP contribution is 2.34. The van der Waals surface area contributed by atoms with Gasteiger partial charge < -0.3 is 19.3 Å². The molecule has 1 N–H and O–H groups in total. The number of halogens is 1. The van der Waals surface area contributed by atoms with E-state index in [9.17, 15) is 19.1 Å². The van der Waals surface area contributed by atoms with Gasteiger partial charge in [0.25, 0.3) is 0 Å². The predicted molar refractivity (Wildman–Crippen MR) is 128 cm³/mol. The van der Waals surface area contributed by atoms with Gasteiger partial charge >= 0.3 is 5.97 Å². The van der Waals surface area contributed by atoms with E-state index >= 15 is 0 Å². The molecule has 0 unspecified atom stereocenters. The van der Waals surface area contributed by atoms with Gasteiger partial charge in [-0.05, 0) is 55.0 Å². The molecule has 0 saturated heterocycles. The van der Waals surface area contributed by atoms with Gasteiger partial charge in [0.2, 0.25) is 5.91 Å². The number of carbonyl (C=O) groups is 2.